The van der Waals surface area contributed by atoms with Crippen molar-refractivity contribution in [2.75, 3.05) is 0 Å². The molecule has 2 N–H and O–H groups in total. The molecule has 6 heteroatoms. The number of carboxylic acid groups (broad SMARTS) is 1. The van der Waals surface area contributed by atoms with Crippen LogP contribution in [-0.4, -0.2) is 29.3 Å². The van der Waals surface area contributed by atoms with Crippen molar-refractivity contribution in [3.63, 3.8) is 0 Å². The van der Waals surface area contributed by atoms with Crippen molar-refractivity contribution in [3.05, 3.63) is 0 Å². The number of rotatable bonds is 5. The lowest BCUT2D eigenvalue weighted by Crippen LogP contribution is -2.28. The predicted octanol–water partition coefficient (Wildman–Crippen LogP) is 3.73. The molecule has 114 valence electrons. The molecular formula is C13H24F3NO2. The van der Waals surface area contributed by atoms with E-state index in [-0.39, 0.29) is 0 Å². The van der Waals surface area contributed by atoms with Gasteiger partial charge in [0.15, 0.2) is 0 Å². The van der Waals surface area contributed by atoms with Gasteiger partial charge in [-0.05, 0) is 25.7 Å². The van der Waals surface area contributed by atoms with Gasteiger partial charge >= 0.3 is 12.1 Å². The lowest BCUT2D eigenvalue weighted by atomic mass is 10.1. The molecule has 0 spiro atoms. The zero-order valence-electron chi connectivity index (χ0n) is 11.6. The molecule has 0 radical (unpaired) electrons. The number of carboxylic acids is 1. The summed E-state index contributed by atoms with van der Waals surface area (Å²) in [5.41, 5.74) is 0. The summed E-state index contributed by atoms with van der Waals surface area (Å²) in [4.78, 5) is 8.90. The smallest absolute Gasteiger partial charge is 0.475 e. The minimum atomic E-state index is -5.08. The molecule has 1 fully saturated rings. The summed E-state index contributed by atoms with van der Waals surface area (Å²) in [6.45, 7) is 4.56. The van der Waals surface area contributed by atoms with Gasteiger partial charge in [0, 0.05) is 12.1 Å². The SMILES string of the molecule is CCCC[C@@H]1CC[C@H](CCC)N1.O=C(O)C(F)(F)F. The second-order valence-corrected chi connectivity index (χ2v) is 4.87. The van der Waals surface area contributed by atoms with Crippen molar-refractivity contribution in [2.24, 2.45) is 0 Å². The van der Waals surface area contributed by atoms with Gasteiger partial charge in [-0.1, -0.05) is 33.1 Å². The highest BCUT2D eigenvalue weighted by Gasteiger charge is 2.38. The lowest BCUT2D eigenvalue weighted by molar-refractivity contribution is -0.192. The molecule has 0 saturated carbocycles. The van der Waals surface area contributed by atoms with Crippen LogP contribution in [0.4, 0.5) is 13.2 Å². The first-order valence-electron chi connectivity index (χ1n) is 6.87. The maximum atomic E-state index is 10.6. The largest absolute Gasteiger partial charge is 0.490 e. The van der Waals surface area contributed by atoms with Crippen molar-refractivity contribution in [3.8, 4) is 0 Å². The van der Waals surface area contributed by atoms with Gasteiger partial charge in [0.25, 0.3) is 0 Å². The summed E-state index contributed by atoms with van der Waals surface area (Å²) in [6.07, 6.45) is 4.61. The van der Waals surface area contributed by atoms with E-state index in [0.29, 0.717) is 0 Å². The molecule has 19 heavy (non-hydrogen) atoms. The van der Waals surface area contributed by atoms with Gasteiger partial charge in [-0.3, -0.25) is 0 Å². The molecule has 0 aromatic rings. The van der Waals surface area contributed by atoms with Crippen molar-refractivity contribution in [1.82, 2.24) is 5.32 Å². The highest BCUT2D eigenvalue weighted by molar-refractivity contribution is 5.73. The quantitative estimate of drug-likeness (QED) is 0.808. The minimum absolute atomic E-state index is 0.844. The van der Waals surface area contributed by atoms with Crippen LogP contribution in [0, 0.1) is 0 Å². The van der Waals surface area contributed by atoms with Gasteiger partial charge in [0.05, 0.1) is 0 Å². The first-order valence-corrected chi connectivity index (χ1v) is 6.87. The fourth-order valence-corrected chi connectivity index (χ4v) is 2.16. The van der Waals surface area contributed by atoms with E-state index < -0.39 is 12.1 Å². The topological polar surface area (TPSA) is 49.3 Å². The van der Waals surface area contributed by atoms with Gasteiger partial charge in [-0.25, -0.2) is 4.79 Å². The second-order valence-electron chi connectivity index (χ2n) is 4.87. The molecular weight excluding hydrogens is 259 g/mol. The number of alkyl halides is 3. The number of aliphatic carboxylic acids is 1. The Labute approximate surface area is 112 Å². The average Bonchev–Trinajstić information content (AvgIpc) is 2.74. The Hall–Kier alpha value is -0.780. The standard InChI is InChI=1S/C11H23N.C2HF3O2/c1-3-5-7-11-9-8-10(12-11)6-4-2;3-2(4,5)1(6)7/h10-12H,3-9H2,1-2H3;(H,6,7)/t10-,11+;/m0./s1. The van der Waals surface area contributed by atoms with Crippen LogP contribution in [0.15, 0.2) is 0 Å². The van der Waals surface area contributed by atoms with E-state index in [9.17, 15) is 13.2 Å². The van der Waals surface area contributed by atoms with E-state index in [4.69, 9.17) is 9.90 Å². The van der Waals surface area contributed by atoms with Crippen LogP contribution in [0.2, 0.25) is 0 Å². The normalized spacial score (nSPS) is 22.8. The fourth-order valence-electron chi connectivity index (χ4n) is 2.16. The molecule has 1 rings (SSSR count). The number of halogens is 3. The third kappa shape index (κ3) is 8.86. The average molecular weight is 283 g/mol. The van der Waals surface area contributed by atoms with Gasteiger partial charge < -0.3 is 10.4 Å². The monoisotopic (exact) mass is 283 g/mol. The van der Waals surface area contributed by atoms with E-state index in [0.717, 1.165) is 12.1 Å². The fraction of sp³-hybridized carbons (Fsp3) is 0.923. The zero-order chi connectivity index (χ0) is 14.9. The summed E-state index contributed by atoms with van der Waals surface area (Å²) in [5, 5.41) is 10.9. The van der Waals surface area contributed by atoms with E-state index >= 15 is 0 Å². The number of hydrogen-bond acceptors (Lipinski definition) is 2. The Bertz CT molecular complexity index is 257. The molecule has 1 aliphatic heterocycles. The number of hydrogen-bond donors (Lipinski definition) is 2. The van der Waals surface area contributed by atoms with Crippen LogP contribution in [0.3, 0.4) is 0 Å². The maximum Gasteiger partial charge on any atom is 0.490 e. The Balaban J connectivity index is 0.000000399. The molecule has 0 aromatic carbocycles. The van der Waals surface area contributed by atoms with E-state index in [1.54, 1.807) is 0 Å². The number of unbranched alkanes of at least 4 members (excludes halogenated alkanes) is 1. The van der Waals surface area contributed by atoms with Gasteiger partial charge in [0.2, 0.25) is 0 Å². The Morgan fingerprint density at radius 1 is 1.16 bits per heavy atom. The molecule has 3 nitrogen and oxygen atoms in total. The maximum absolute atomic E-state index is 10.6. The van der Waals surface area contributed by atoms with E-state index in [1.165, 1.54) is 44.9 Å². The highest BCUT2D eigenvalue weighted by atomic mass is 19.4. The van der Waals surface area contributed by atoms with E-state index in [2.05, 4.69) is 19.2 Å². The first-order chi connectivity index (χ1) is 8.81. The lowest BCUT2D eigenvalue weighted by Gasteiger charge is -2.12. The summed E-state index contributed by atoms with van der Waals surface area (Å²) in [5.74, 6) is -2.76. The Kier molecular flexibility index (Phi) is 8.80. The van der Waals surface area contributed by atoms with Crippen LogP contribution in [-0.2, 0) is 4.79 Å². The molecule has 0 aromatic heterocycles. The summed E-state index contributed by atoms with van der Waals surface area (Å²) in [7, 11) is 0. The van der Waals surface area contributed by atoms with Crippen molar-refractivity contribution < 1.29 is 23.1 Å². The molecule has 0 aliphatic carbocycles. The minimum Gasteiger partial charge on any atom is -0.475 e. The predicted molar refractivity (Wildman–Crippen MR) is 68.1 cm³/mol. The van der Waals surface area contributed by atoms with Crippen LogP contribution < -0.4 is 5.32 Å². The number of nitrogens with one attached hydrogen (secondary N) is 1. The van der Waals surface area contributed by atoms with Crippen molar-refractivity contribution in [2.45, 2.75) is 77.1 Å². The van der Waals surface area contributed by atoms with E-state index in [1.807, 2.05) is 0 Å². The Morgan fingerprint density at radius 3 is 2.00 bits per heavy atom. The summed E-state index contributed by atoms with van der Waals surface area (Å²) < 4.78 is 31.7. The number of carbonyl (C=O) groups is 1. The van der Waals surface area contributed by atoms with Gasteiger partial charge in [-0.15, -0.1) is 0 Å². The van der Waals surface area contributed by atoms with Gasteiger partial charge in [-0.2, -0.15) is 13.2 Å². The second kappa shape index (κ2) is 9.18. The molecule has 0 amide bonds. The Morgan fingerprint density at radius 2 is 1.63 bits per heavy atom. The van der Waals surface area contributed by atoms with Crippen LogP contribution in [0.1, 0.15) is 58.8 Å². The molecule has 2 atom stereocenters. The zero-order valence-corrected chi connectivity index (χ0v) is 11.6. The summed E-state index contributed by atoms with van der Waals surface area (Å²) >= 11 is 0. The molecule has 0 unspecified atom stereocenters. The van der Waals surface area contributed by atoms with Crippen LogP contribution in [0.5, 0.6) is 0 Å². The third-order valence-electron chi connectivity index (χ3n) is 3.12. The van der Waals surface area contributed by atoms with Crippen molar-refractivity contribution in [1.29, 1.82) is 0 Å². The van der Waals surface area contributed by atoms with Crippen LogP contribution >= 0.6 is 0 Å². The molecule has 1 saturated heterocycles. The first kappa shape index (κ1) is 18.2. The molecule has 0 bridgehead atoms. The molecule has 1 aliphatic rings. The van der Waals surface area contributed by atoms with Gasteiger partial charge in [0.1, 0.15) is 0 Å². The highest BCUT2D eigenvalue weighted by Crippen LogP contribution is 2.19. The van der Waals surface area contributed by atoms with Crippen LogP contribution in [0.25, 0.3) is 0 Å². The van der Waals surface area contributed by atoms with Crippen molar-refractivity contribution >= 4 is 5.97 Å². The summed E-state index contributed by atoms with van der Waals surface area (Å²) in [6, 6.07) is 1.69. The third-order valence-corrected chi connectivity index (χ3v) is 3.12. The molecule has 1 heterocycles.